The summed E-state index contributed by atoms with van der Waals surface area (Å²) in [6, 6.07) is 2.39. The first-order chi connectivity index (χ1) is 13.0. The summed E-state index contributed by atoms with van der Waals surface area (Å²) in [4.78, 5) is 0. The fourth-order valence-corrected chi connectivity index (χ4v) is 5.27. The van der Waals surface area contributed by atoms with Gasteiger partial charge in [-0.1, -0.05) is 31.9 Å². The van der Waals surface area contributed by atoms with E-state index in [2.05, 4.69) is 13.5 Å². The van der Waals surface area contributed by atoms with Gasteiger partial charge in [-0.25, -0.2) is 13.2 Å². The monoisotopic (exact) mass is 378 g/mol. The molecule has 0 nitrogen and oxygen atoms in total. The molecule has 150 valence electrons. The molecule has 2 aliphatic rings. The molecule has 0 aromatic heterocycles. The molecule has 0 bridgehead atoms. The van der Waals surface area contributed by atoms with E-state index in [0.717, 1.165) is 49.9 Å². The first-order valence-corrected chi connectivity index (χ1v) is 10.8. The van der Waals surface area contributed by atoms with E-state index in [4.69, 9.17) is 0 Å². The van der Waals surface area contributed by atoms with Gasteiger partial charge >= 0.3 is 0 Å². The summed E-state index contributed by atoms with van der Waals surface area (Å²) in [6.07, 6.45) is 13.1. The summed E-state index contributed by atoms with van der Waals surface area (Å²) in [6.45, 7) is 6.31. The Balaban J connectivity index is 1.45. The Bertz CT molecular complexity index is 612. The summed E-state index contributed by atoms with van der Waals surface area (Å²) in [7, 11) is 0. The number of hydrogen-bond donors (Lipinski definition) is 0. The van der Waals surface area contributed by atoms with Crippen molar-refractivity contribution in [1.82, 2.24) is 0 Å². The third-order valence-electron chi connectivity index (χ3n) is 7.21. The van der Waals surface area contributed by atoms with Gasteiger partial charge in [-0.2, -0.15) is 0 Å². The first-order valence-electron chi connectivity index (χ1n) is 10.8. The maximum absolute atomic E-state index is 13.5. The van der Waals surface area contributed by atoms with Gasteiger partial charge in [-0.3, -0.25) is 0 Å². The molecular weight excluding hydrogens is 345 g/mol. The van der Waals surface area contributed by atoms with Crippen LogP contribution >= 0.6 is 0 Å². The highest BCUT2D eigenvalue weighted by atomic mass is 19.2. The van der Waals surface area contributed by atoms with E-state index in [1.54, 1.807) is 0 Å². The standard InChI is InChI=1S/C24H33F3/c1-3-16(2)4-5-17-6-8-18(9-7-17)19-10-12-20(13-11-19)21-14-22(25)24(27)23(26)15-21/h14-15,17-20H,2-13H2,1H3. The first kappa shape index (κ1) is 20.5. The van der Waals surface area contributed by atoms with Gasteiger partial charge in [0.15, 0.2) is 17.5 Å². The highest BCUT2D eigenvalue weighted by Crippen LogP contribution is 2.44. The lowest BCUT2D eigenvalue weighted by molar-refractivity contribution is 0.156. The zero-order chi connectivity index (χ0) is 19.4. The van der Waals surface area contributed by atoms with Gasteiger partial charge in [0, 0.05) is 0 Å². The summed E-state index contributed by atoms with van der Waals surface area (Å²) < 4.78 is 40.2. The van der Waals surface area contributed by atoms with Crippen molar-refractivity contribution in [2.45, 2.75) is 83.5 Å². The van der Waals surface area contributed by atoms with Crippen molar-refractivity contribution in [3.63, 3.8) is 0 Å². The Hall–Kier alpha value is -1.25. The molecule has 1 aromatic rings. The fourth-order valence-electron chi connectivity index (χ4n) is 5.27. The van der Waals surface area contributed by atoms with Crippen LogP contribution in [-0.4, -0.2) is 0 Å². The second-order valence-electron chi connectivity index (χ2n) is 8.83. The van der Waals surface area contributed by atoms with Crippen molar-refractivity contribution < 1.29 is 13.2 Å². The minimum Gasteiger partial charge on any atom is -0.204 e. The normalized spacial score (nSPS) is 28.9. The molecule has 27 heavy (non-hydrogen) atoms. The van der Waals surface area contributed by atoms with E-state index in [0.29, 0.717) is 5.56 Å². The lowest BCUT2D eigenvalue weighted by Gasteiger charge is -2.38. The van der Waals surface area contributed by atoms with Crippen molar-refractivity contribution in [3.8, 4) is 0 Å². The third kappa shape index (κ3) is 5.18. The smallest absolute Gasteiger partial charge is 0.194 e. The summed E-state index contributed by atoms with van der Waals surface area (Å²) >= 11 is 0. The molecule has 0 unspecified atom stereocenters. The second kappa shape index (κ2) is 9.30. The van der Waals surface area contributed by atoms with Gasteiger partial charge < -0.3 is 0 Å². The SMILES string of the molecule is C=C(CC)CCC1CCC(C2CCC(c3cc(F)c(F)c(F)c3)CC2)CC1. The van der Waals surface area contributed by atoms with Gasteiger partial charge in [0.25, 0.3) is 0 Å². The molecule has 2 fully saturated rings. The van der Waals surface area contributed by atoms with Crippen LogP contribution in [0.3, 0.4) is 0 Å². The number of rotatable bonds is 6. The molecule has 0 spiro atoms. The Morgan fingerprint density at radius 2 is 1.41 bits per heavy atom. The molecular formula is C24H33F3. The zero-order valence-corrected chi connectivity index (χ0v) is 16.6. The topological polar surface area (TPSA) is 0 Å². The molecule has 3 rings (SSSR count). The molecule has 0 heterocycles. The van der Waals surface area contributed by atoms with Crippen LogP contribution in [0.1, 0.15) is 89.0 Å². The largest absolute Gasteiger partial charge is 0.204 e. The molecule has 3 heteroatoms. The minimum absolute atomic E-state index is 0.169. The van der Waals surface area contributed by atoms with Gasteiger partial charge in [-0.15, -0.1) is 0 Å². The third-order valence-corrected chi connectivity index (χ3v) is 7.21. The Labute approximate surface area is 162 Å². The van der Waals surface area contributed by atoms with Crippen molar-refractivity contribution in [2.75, 3.05) is 0 Å². The van der Waals surface area contributed by atoms with Crippen molar-refractivity contribution in [3.05, 3.63) is 47.3 Å². The highest BCUT2D eigenvalue weighted by Gasteiger charge is 2.31. The van der Waals surface area contributed by atoms with Crippen LogP contribution in [-0.2, 0) is 0 Å². The van der Waals surface area contributed by atoms with E-state index in [1.807, 2.05) is 0 Å². The summed E-state index contributed by atoms with van der Waals surface area (Å²) in [5, 5.41) is 0. The van der Waals surface area contributed by atoms with Crippen LogP contribution in [0.15, 0.2) is 24.3 Å². The van der Waals surface area contributed by atoms with Crippen LogP contribution < -0.4 is 0 Å². The molecule has 0 aliphatic heterocycles. The highest BCUT2D eigenvalue weighted by molar-refractivity contribution is 5.23. The lowest BCUT2D eigenvalue weighted by Crippen LogP contribution is -2.25. The van der Waals surface area contributed by atoms with Gasteiger partial charge in [0.1, 0.15) is 0 Å². The molecule has 2 saturated carbocycles. The van der Waals surface area contributed by atoms with Crippen molar-refractivity contribution in [1.29, 1.82) is 0 Å². The maximum atomic E-state index is 13.5. The predicted octanol–water partition coefficient (Wildman–Crippen LogP) is 7.93. The Kier molecular flexibility index (Phi) is 7.05. The Morgan fingerprint density at radius 3 is 1.93 bits per heavy atom. The van der Waals surface area contributed by atoms with Crippen LogP contribution in [0, 0.1) is 35.2 Å². The quantitative estimate of drug-likeness (QED) is 0.348. The van der Waals surface area contributed by atoms with E-state index < -0.39 is 17.5 Å². The zero-order valence-electron chi connectivity index (χ0n) is 16.6. The predicted molar refractivity (Wildman–Crippen MR) is 105 cm³/mol. The van der Waals surface area contributed by atoms with Crippen LogP contribution in [0.25, 0.3) is 0 Å². The summed E-state index contributed by atoms with van der Waals surface area (Å²) in [5.74, 6) is -0.867. The summed E-state index contributed by atoms with van der Waals surface area (Å²) in [5.41, 5.74) is 2.01. The van der Waals surface area contributed by atoms with Crippen molar-refractivity contribution in [2.24, 2.45) is 17.8 Å². The molecule has 0 amide bonds. The van der Waals surface area contributed by atoms with Crippen LogP contribution in [0.5, 0.6) is 0 Å². The minimum atomic E-state index is -1.35. The van der Waals surface area contributed by atoms with E-state index in [1.165, 1.54) is 56.2 Å². The van der Waals surface area contributed by atoms with E-state index in [-0.39, 0.29) is 5.92 Å². The molecule has 0 atom stereocenters. The van der Waals surface area contributed by atoms with Crippen LogP contribution in [0.2, 0.25) is 0 Å². The maximum Gasteiger partial charge on any atom is 0.194 e. The molecule has 1 aromatic carbocycles. The van der Waals surface area contributed by atoms with Gasteiger partial charge in [-0.05, 0) is 99.2 Å². The number of benzene rings is 1. The van der Waals surface area contributed by atoms with E-state index in [9.17, 15) is 13.2 Å². The van der Waals surface area contributed by atoms with Gasteiger partial charge in [0.2, 0.25) is 0 Å². The molecule has 2 aliphatic carbocycles. The molecule has 0 N–H and O–H groups in total. The Morgan fingerprint density at radius 1 is 0.889 bits per heavy atom. The molecule has 0 radical (unpaired) electrons. The van der Waals surface area contributed by atoms with E-state index >= 15 is 0 Å². The van der Waals surface area contributed by atoms with Gasteiger partial charge in [0.05, 0.1) is 0 Å². The lowest BCUT2D eigenvalue weighted by atomic mass is 9.68. The fraction of sp³-hybridized carbons (Fsp3) is 0.667. The average molecular weight is 379 g/mol. The number of hydrogen-bond acceptors (Lipinski definition) is 0. The van der Waals surface area contributed by atoms with Crippen molar-refractivity contribution >= 4 is 0 Å². The number of halogens is 3. The molecule has 0 saturated heterocycles. The number of allylic oxidation sites excluding steroid dienone is 1. The van der Waals surface area contributed by atoms with Crippen LogP contribution in [0.4, 0.5) is 13.2 Å². The average Bonchev–Trinajstić information content (AvgIpc) is 2.70. The second-order valence-corrected chi connectivity index (χ2v) is 8.83.